The Balaban J connectivity index is 0.000000537. The van der Waals surface area contributed by atoms with Crippen LogP contribution >= 0.6 is 0 Å². The maximum atomic E-state index is 14.8. The highest BCUT2D eigenvalue weighted by molar-refractivity contribution is 5.94. The van der Waals surface area contributed by atoms with Gasteiger partial charge < -0.3 is 25.4 Å². The van der Waals surface area contributed by atoms with Gasteiger partial charge in [0, 0.05) is 49.3 Å². The van der Waals surface area contributed by atoms with Crippen LogP contribution in [0.1, 0.15) is 46.2 Å². The van der Waals surface area contributed by atoms with Crippen molar-refractivity contribution in [3.63, 3.8) is 0 Å². The van der Waals surface area contributed by atoms with E-state index in [0.717, 1.165) is 29.8 Å². The van der Waals surface area contributed by atoms with Crippen LogP contribution in [-0.4, -0.2) is 81.4 Å². The summed E-state index contributed by atoms with van der Waals surface area (Å²) >= 11 is 0. The number of hydrogen-bond donors (Lipinski definition) is 3. The number of nitrogens with zero attached hydrogens (tertiary/aromatic N) is 5. The number of halogens is 4. The molecule has 1 saturated carbocycles. The molecule has 4 aromatic rings. The Hall–Kier alpha value is -5.12. The van der Waals surface area contributed by atoms with Crippen molar-refractivity contribution >= 4 is 41.0 Å². The average molecular weight is 644 g/mol. The summed E-state index contributed by atoms with van der Waals surface area (Å²) in [5, 5.41) is 18.2. The molecule has 1 amide bonds. The van der Waals surface area contributed by atoms with Gasteiger partial charge >= 0.3 is 12.1 Å². The second-order valence-corrected chi connectivity index (χ2v) is 10.4. The molecule has 3 N–H and O–H groups in total. The van der Waals surface area contributed by atoms with Crippen molar-refractivity contribution in [2.45, 2.75) is 44.5 Å². The number of hydrogen-bond acceptors (Lipinski definition) is 9. The predicted octanol–water partition coefficient (Wildman–Crippen LogP) is 4.41. The second-order valence-electron chi connectivity index (χ2n) is 10.4. The first-order valence-electron chi connectivity index (χ1n) is 14.3. The van der Waals surface area contributed by atoms with Gasteiger partial charge in [0.15, 0.2) is 23.4 Å². The van der Waals surface area contributed by atoms with E-state index in [2.05, 4.69) is 20.6 Å². The van der Waals surface area contributed by atoms with E-state index in [0.29, 0.717) is 48.6 Å². The summed E-state index contributed by atoms with van der Waals surface area (Å²) in [6.07, 6.45) is 0.866. The second kappa shape index (κ2) is 13.1. The van der Waals surface area contributed by atoms with Gasteiger partial charge in [0.2, 0.25) is 0 Å². The minimum atomic E-state index is -5.08. The Morgan fingerprint density at radius 2 is 1.93 bits per heavy atom. The predicted molar refractivity (Wildman–Crippen MR) is 158 cm³/mol. The van der Waals surface area contributed by atoms with Crippen LogP contribution in [0.3, 0.4) is 0 Å². The first-order valence-corrected chi connectivity index (χ1v) is 14.3. The van der Waals surface area contributed by atoms with Crippen LogP contribution in [0.5, 0.6) is 0 Å². The molecule has 1 aromatic carbocycles. The molecule has 1 aliphatic heterocycles. The maximum absolute atomic E-state index is 14.8. The Morgan fingerprint density at radius 3 is 2.54 bits per heavy atom. The van der Waals surface area contributed by atoms with Crippen molar-refractivity contribution in [3.8, 4) is 11.3 Å². The lowest BCUT2D eigenvalue weighted by molar-refractivity contribution is -0.192. The zero-order chi connectivity index (χ0) is 33.2. The fraction of sp³-hybridized carbons (Fsp3) is 0.333. The fourth-order valence-electron chi connectivity index (χ4n) is 5.33. The normalized spacial score (nSPS) is 17.0. The number of aliphatic carboxylic acids is 1. The van der Waals surface area contributed by atoms with Crippen molar-refractivity contribution in [3.05, 3.63) is 65.4 Å². The van der Waals surface area contributed by atoms with Crippen molar-refractivity contribution in [1.82, 2.24) is 24.9 Å². The smallest absolute Gasteiger partial charge is 0.475 e. The number of alkyl halides is 3. The summed E-state index contributed by atoms with van der Waals surface area (Å²) in [6.45, 7) is 3.16. The van der Waals surface area contributed by atoms with Gasteiger partial charge in [0.25, 0.3) is 5.91 Å². The third kappa shape index (κ3) is 6.33. The minimum Gasteiger partial charge on any atom is -0.475 e. The van der Waals surface area contributed by atoms with Crippen molar-refractivity contribution in [2.24, 2.45) is 0 Å². The number of ether oxygens (including phenoxy) is 1. The van der Waals surface area contributed by atoms with Crippen molar-refractivity contribution < 1.29 is 41.8 Å². The van der Waals surface area contributed by atoms with Crippen LogP contribution in [-0.2, 0) is 16.0 Å². The van der Waals surface area contributed by atoms with Crippen molar-refractivity contribution in [1.29, 1.82) is 0 Å². The summed E-state index contributed by atoms with van der Waals surface area (Å²) < 4.78 is 53.8. The van der Waals surface area contributed by atoms with Gasteiger partial charge in [-0.2, -0.15) is 13.2 Å². The van der Waals surface area contributed by atoms with E-state index in [9.17, 15) is 27.2 Å². The number of aldehydes is 1. The molecule has 3 aromatic heterocycles. The third-order valence-corrected chi connectivity index (χ3v) is 7.66. The molecule has 0 radical (unpaired) electrons. The molecule has 0 saturated heterocycles. The van der Waals surface area contributed by atoms with Gasteiger partial charge in [0.05, 0.1) is 24.0 Å². The van der Waals surface area contributed by atoms with E-state index >= 15 is 0 Å². The molecule has 12 nitrogen and oxygen atoms in total. The van der Waals surface area contributed by atoms with Gasteiger partial charge in [-0.05, 0) is 43.9 Å². The Morgan fingerprint density at radius 1 is 1.17 bits per heavy atom. The number of rotatable bonds is 8. The lowest BCUT2D eigenvalue weighted by atomic mass is 9.89. The first-order chi connectivity index (χ1) is 22.0. The standard InChI is InChI=1S/C28H28FN7O3.C2HF3O2/c1-3-39-24-8-7-20(24)33-28(38)23-14-32-27-21(30-2)12-25(34-36(23)27)35-10-9-17-18(5-4-6-22(17)35)26-19(29)11-16(15-37)13-31-26;3-2(4,5)1(6)7/h4-6,11-15,20,24,30H,3,7-10H2,1-2H3,(H,33,38);(H,6,7)/t20-,24-;/m1./s1. The summed E-state index contributed by atoms with van der Waals surface area (Å²) in [4.78, 5) is 43.9. The minimum absolute atomic E-state index is 0.0267. The molecule has 16 heteroatoms. The van der Waals surface area contributed by atoms with Gasteiger partial charge in [-0.25, -0.2) is 18.7 Å². The van der Waals surface area contributed by atoms with Crippen LogP contribution < -0.4 is 15.5 Å². The molecule has 6 rings (SSSR count). The Bertz CT molecular complexity index is 1800. The summed E-state index contributed by atoms with van der Waals surface area (Å²) in [5.41, 5.74) is 4.47. The number of fused-ring (bicyclic) bond motifs is 2. The Kier molecular flexibility index (Phi) is 9.18. The van der Waals surface area contributed by atoms with E-state index < -0.39 is 18.0 Å². The van der Waals surface area contributed by atoms with E-state index in [4.69, 9.17) is 19.7 Å². The highest BCUT2D eigenvalue weighted by atomic mass is 19.4. The molecule has 1 fully saturated rings. The number of amides is 1. The highest BCUT2D eigenvalue weighted by Gasteiger charge is 2.38. The van der Waals surface area contributed by atoms with E-state index in [1.807, 2.05) is 36.1 Å². The topological polar surface area (TPSA) is 151 Å². The third-order valence-electron chi connectivity index (χ3n) is 7.66. The Labute approximate surface area is 259 Å². The highest BCUT2D eigenvalue weighted by Crippen LogP contribution is 2.40. The molecule has 0 spiro atoms. The van der Waals surface area contributed by atoms with E-state index in [1.54, 1.807) is 11.6 Å². The van der Waals surface area contributed by atoms with Gasteiger partial charge in [-0.3, -0.25) is 14.6 Å². The van der Waals surface area contributed by atoms with E-state index in [1.165, 1.54) is 18.5 Å². The summed E-state index contributed by atoms with van der Waals surface area (Å²) in [5.74, 6) is -2.94. The van der Waals surface area contributed by atoms with Crippen LogP contribution in [0.2, 0.25) is 0 Å². The number of pyridine rings is 1. The van der Waals surface area contributed by atoms with Crippen LogP contribution in [0.25, 0.3) is 16.9 Å². The number of aromatic nitrogens is 4. The quantitative estimate of drug-likeness (QED) is 0.186. The molecule has 0 bridgehead atoms. The van der Waals surface area contributed by atoms with Gasteiger partial charge in [0.1, 0.15) is 11.5 Å². The molecule has 1 aliphatic carbocycles. The average Bonchev–Trinajstić information content (AvgIpc) is 3.66. The SMILES string of the molecule is CCO[C@@H]1CC[C@H]1NC(=O)c1cnc2c(NC)cc(N3CCc4c(-c5ncc(C=O)cc5F)cccc43)nn12.O=C(O)C(F)(F)F. The summed E-state index contributed by atoms with van der Waals surface area (Å²) in [7, 11) is 1.79. The molecular weight excluding hydrogens is 614 g/mol. The van der Waals surface area contributed by atoms with E-state index in [-0.39, 0.29) is 29.3 Å². The molecule has 0 unspecified atom stereocenters. The van der Waals surface area contributed by atoms with Gasteiger partial charge in [-0.1, -0.05) is 12.1 Å². The number of carbonyl (C=O) groups excluding carboxylic acids is 2. The molecule has 46 heavy (non-hydrogen) atoms. The van der Waals surface area contributed by atoms with Gasteiger partial charge in [-0.15, -0.1) is 5.10 Å². The molecule has 2 atom stereocenters. The first kappa shape index (κ1) is 32.3. The van der Waals surface area contributed by atoms with Crippen molar-refractivity contribution in [2.75, 3.05) is 30.4 Å². The molecular formula is C30H29F4N7O5. The van der Waals surface area contributed by atoms with Crippen LogP contribution in [0.4, 0.5) is 34.8 Å². The zero-order valence-corrected chi connectivity index (χ0v) is 24.6. The lowest BCUT2D eigenvalue weighted by Crippen LogP contribution is -2.51. The number of anilines is 3. The monoisotopic (exact) mass is 643 g/mol. The fourth-order valence-corrected chi connectivity index (χ4v) is 5.33. The molecule has 4 heterocycles. The number of carboxylic acids is 1. The number of carboxylic acid groups (broad SMARTS) is 1. The largest absolute Gasteiger partial charge is 0.490 e. The number of imidazole rings is 1. The maximum Gasteiger partial charge on any atom is 0.490 e. The molecule has 2 aliphatic rings. The van der Waals surface area contributed by atoms with Crippen LogP contribution in [0.15, 0.2) is 42.7 Å². The number of benzene rings is 1. The lowest BCUT2D eigenvalue weighted by Gasteiger charge is -2.36. The van der Waals surface area contributed by atoms with Crippen LogP contribution in [0, 0.1) is 5.82 Å². The molecule has 242 valence electrons. The number of nitrogens with one attached hydrogen (secondary N) is 2. The number of carbonyl (C=O) groups is 3. The summed E-state index contributed by atoms with van der Waals surface area (Å²) in [6, 6.07) is 8.69. The zero-order valence-electron chi connectivity index (χ0n) is 24.6.